The summed E-state index contributed by atoms with van der Waals surface area (Å²) in [4.78, 5) is 8.69. The van der Waals surface area contributed by atoms with Crippen LogP contribution in [-0.2, 0) is 0 Å². The molecule has 1 heterocycles. The molecular weight excluding hydrogens is 271 g/mol. The van der Waals surface area contributed by atoms with E-state index in [9.17, 15) is 4.39 Å². The Labute approximate surface area is 123 Å². The van der Waals surface area contributed by atoms with Gasteiger partial charge < -0.3 is 15.4 Å². The molecule has 1 aromatic carbocycles. The third kappa shape index (κ3) is 4.05. The second kappa shape index (κ2) is 6.88. The Hall–Kier alpha value is -2.37. The molecule has 0 saturated heterocycles. The first-order valence-corrected chi connectivity index (χ1v) is 6.82. The fourth-order valence-corrected chi connectivity index (χ4v) is 1.83. The van der Waals surface area contributed by atoms with Crippen molar-refractivity contribution in [3.63, 3.8) is 0 Å². The van der Waals surface area contributed by atoms with Crippen LogP contribution in [0.2, 0.25) is 0 Å². The van der Waals surface area contributed by atoms with E-state index in [0.29, 0.717) is 17.5 Å². The normalized spacial score (nSPS) is 10.3. The molecule has 0 atom stereocenters. The molecule has 0 saturated carbocycles. The predicted octanol–water partition coefficient (Wildman–Crippen LogP) is 3.50. The van der Waals surface area contributed by atoms with Crippen LogP contribution in [0.15, 0.2) is 24.3 Å². The Bertz CT molecular complexity index is 619. The first-order chi connectivity index (χ1) is 10.1. The molecule has 2 aromatic rings. The summed E-state index contributed by atoms with van der Waals surface area (Å²) in [6.45, 7) is 4.79. The molecule has 2 rings (SSSR count). The molecule has 0 spiro atoms. The average molecular weight is 290 g/mol. The lowest BCUT2D eigenvalue weighted by Crippen LogP contribution is -2.07. The topological polar surface area (TPSA) is 59.1 Å². The summed E-state index contributed by atoms with van der Waals surface area (Å²) in [5.74, 6) is 1.02. The van der Waals surface area contributed by atoms with Crippen LogP contribution in [0.4, 0.5) is 21.8 Å². The molecule has 0 aliphatic carbocycles. The van der Waals surface area contributed by atoms with Crippen molar-refractivity contribution >= 4 is 17.5 Å². The number of hydrogen-bond donors (Lipinski definition) is 2. The summed E-state index contributed by atoms with van der Waals surface area (Å²) in [6, 6.07) is 6.40. The minimum absolute atomic E-state index is 0.190. The van der Waals surface area contributed by atoms with Crippen molar-refractivity contribution in [3.05, 3.63) is 35.8 Å². The van der Waals surface area contributed by atoms with Gasteiger partial charge in [-0.15, -0.1) is 0 Å². The highest BCUT2D eigenvalue weighted by Gasteiger charge is 2.06. The number of ether oxygens (including phenoxy) is 1. The molecule has 1 aromatic heterocycles. The molecule has 5 nitrogen and oxygen atoms in total. The molecular formula is C15H19FN4O. The number of aromatic nitrogens is 2. The van der Waals surface area contributed by atoms with Gasteiger partial charge in [0.05, 0.1) is 7.11 Å². The summed E-state index contributed by atoms with van der Waals surface area (Å²) in [5.41, 5.74) is 1.55. The molecule has 112 valence electrons. The fraction of sp³-hybridized carbons (Fsp3) is 0.333. The van der Waals surface area contributed by atoms with Crippen molar-refractivity contribution in [1.29, 1.82) is 0 Å². The van der Waals surface area contributed by atoms with Gasteiger partial charge >= 0.3 is 0 Å². The molecule has 0 aliphatic rings. The molecule has 2 N–H and O–H groups in total. The van der Waals surface area contributed by atoms with Crippen molar-refractivity contribution in [2.75, 3.05) is 24.3 Å². The summed E-state index contributed by atoms with van der Waals surface area (Å²) < 4.78 is 18.4. The largest absolute Gasteiger partial charge is 0.494 e. The first-order valence-electron chi connectivity index (χ1n) is 6.82. The Balaban J connectivity index is 2.20. The van der Waals surface area contributed by atoms with E-state index in [-0.39, 0.29) is 5.75 Å². The van der Waals surface area contributed by atoms with Gasteiger partial charge in [0.25, 0.3) is 0 Å². The van der Waals surface area contributed by atoms with Crippen molar-refractivity contribution < 1.29 is 9.13 Å². The quantitative estimate of drug-likeness (QED) is 0.852. The predicted molar refractivity (Wildman–Crippen MR) is 81.8 cm³/mol. The standard InChI is InChI=1S/C15H19FN4O/c1-4-7-17-15-18-10(2)8-14(20-15)19-11-5-6-12(16)13(9-11)21-3/h5-6,8-9H,4,7H2,1-3H3,(H2,17,18,19,20). The number of anilines is 3. The second-order valence-corrected chi connectivity index (χ2v) is 4.62. The fourth-order valence-electron chi connectivity index (χ4n) is 1.83. The minimum atomic E-state index is -0.396. The van der Waals surface area contributed by atoms with Crippen LogP contribution in [0, 0.1) is 12.7 Å². The van der Waals surface area contributed by atoms with Crippen LogP contribution >= 0.6 is 0 Å². The SMILES string of the molecule is CCCNc1nc(C)cc(Nc2ccc(F)c(OC)c2)n1. The number of rotatable bonds is 6. The van der Waals surface area contributed by atoms with Gasteiger partial charge in [-0.25, -0.2) is 9.37 Å². The lowest BCUT2D eigenvalue weighted by atomic mass is 10.3. The van der Waals surface area contributed by atoms with E-state index in [0.717, 1.165) is 18.7 Å². The van der Waals surface area contributed by atoms with Crippen molar-refractivity contribution in [1.82, 2.24) is 9.97 Å². The zero-order chi connectivity index (χ0) is 15.2. The van der Waals surface area contributed by atoms with E-state index >= 15 is 0 Å². The van der Waals surface area contributed by atoms with E-state index < -0.39 is 5.82 Å². The van der Waals surface area contributed by atoms with Gasteiger partial charge in [-0.05, 0) is 25.5 Å². The van der Waals surface area contributed by atoms with E-state index in [1.54, 1.807) is 12.1 Å². The summed E-state index contributed by atoms with van der Waals surface area (Å²) >= 11 is 0. The number of nitrogens with one attached hydrogen (secondary N) is 2. The Morgan fingerprint density at radius 2 is 2.05 bits per heavy atom. The number of methoxy groups -OCH3 is 1. The van der Waals surface area contributed by atoms with Gasteiger partial charge in [-0.2, -0.15) is 4.98 Å². The van der Waals surface area contributed by atoms with Gasteiger partial charge in [0.15, 0.2) is 11.6 Å². The molecule has 0 aliphatic heterocycles. The lowest BCUT2D eigenvalue weighted by Gasteiger charge is -2.10. The monoisotopic (exact) mass is 290 g/mol. The van der Waals surface area contributed by atoms with Crippen LogP contribution in [0.3, 0.4) is 0 Å². The summed E-state index contributed by atoms with van der Waals surface area (Å²) in [7, 11) is 1.43. The smallest absolute Gasteiger partial charge is 0.224 e. The van der Waals surface area contributed by atoms with Crippen molar-refractivity contribution in [2.24, 2.45) is 0 Å². The Morgan fingerprint density at radius 1 is 1.24 bits per heavy atom. The third-order valence-corrected chi connectivity index (χ3v) is 2.81. The van der Waals surface area contributed by atoms with Gasteiger partial charge in [0.2, 0.25) is 5.95 Å². The zero-order valence-corrected chi connectivity index (χ0v) is 12.4. The number of halogens is 1. The summed E-state index contributed by atoms with van der Waals surface area (Å²) in [6.07, 6.45) is 0.995. The first kappa shape index (κ1) is 15.0. The van der Waals surface area contributed by atoms with Gasteiger partial charge in [-0.1, -0.05) is 6.92 Å². The van der Waals surface area contributed by atoms with Crippen LogP contribution in [-0.4, -0.2) is 23.6 Å². The number of nitrogens with zero attached hydrogens (tertiary/aromatic N) is 2. The highest BCUT2D eigenvalue weighted by atomic mass is 19.1. The van der Waals surface area contributed by atoms with Crippen LogP contribution in [0.1, 0.15) is 19.0 Å². The lowest BCUT2D eigenvalue weighted by molar-refractivity contribution is 0.387. The maximum atomic E-state index is 13.4. The highest BCUT2D eigenvalue weighted by molar-refractivity contribution is 5.59. The zero-order valence-electron chi connectivity index (χ0n) is 12.4. The van der Waals surface area contributed by atoms with Crippen LogP contribution in [0.25, 0.3) is 0 Å². The number of aryl methyl sites for hydroxylation is 1. The molecule has 0 bridgehead atoms. The van der Waals surface area contributed by atoms with E-state index in [4.69, 9.17) is 4.74 Å². The van der Waals surface area contributed by atoms with E-state index in [1.807, 2.05) is 13.0 Å². The number of hydrogen-bond acceptors (Lipinski definition) is 5. The number of benzene rings is 1. The Kier molecular flexibility index (Phi) is 4.92. The molecule has 0 unspecified atom stereocenters. The third-order valence-electron chi connectivity index (χ3n) is 2.81. The Morgan fingerprint density at radius 3 is 2.76 bits per heavy atom. The summed E-state index contributed by atoms with van der Waals surface area (Å²) in [5, 5.41) is 6.27. The highest BCUT2D eigenvalue weighted by Crippen LogP contribution is 2.24. The minimum Gasteiger partial charge on any atom is -0.494 e. The maximum absolute atomic E-state index is 13.4. The van der Waals surface area contributed by atoms with E-state index in [2.05, 4.69) is 27.5 Å². The van der Waals surface area contributed by atoms with Crippen LogP contribution in [0.5, 0.6) is 5.75 Å². The van der Waals surface area contributed by atoms with Gasteiger partial charge in [0.1, 0.15) is 5.82 Å². The molecule has 21 heavy (non-hydrogen) atoms. The van der Waals surface area contributed by atoms with Gasteiger partial charge in [-0.3, -0.25) is 0 Å². The van der Waals surface area contributed by atoms with E-state index in [1.165, 1.54) is 13.2 Å². The van der Waals surface area contributed by atoms with Gasteiger partial charge in [0, 0.05) is 30.1 Å². The molecule has 6 heteroatoms. The maximum Gasteiger partial charge on any atom is 0.224 e. The van der Waals surface area contributed by atoms with Crippen molar-refractivity contribution in [2.45, 2.75) is 20.3 Å². The molecule has 0 amide bonds. The second-order valence-electron chi connectivity index (χ2n) is 4.62. The average Bonchev–Trinajstić information content (AvgIpc) is 2.46. The van der Waals surface area contributed by atoms with Crippen LogP contribution < -0.4 is 15.4 Å². The molecule has 0 fully saturated rings. The molecule has 0 radical (unpaired) electrons. The van der Waals surface area contributed by atoms with Crippen molar-refractivity contribution in [3.8, 4) is 5.75 Å².